The summed E-state index contributed by atoms with van der Waals surface area (Å²) in [4.78, 5) is 39.5. The molecule has 5 N–H and O–H groups in total. The normalized spacial score (nSPS) is 9.22. The predicted octanol–water partition coefficient (Wildman–Crippen LogP) is -1.16. The van der Waals surface area contributed by atoms with Crippen LogP contribution in [0.5, 0.6) is 0 Å². The van der Waals surface area contributed by atoms with Crippen LogP contribution in [0.3, 0.4) is 0 Å². The van der Waals surface area contributed by atoms with E-state index < -0.39 is 42.3 Å². The Kier molecular flexibility index (Phi) is 12.1. The van der Waals surface area contributed by atoms with Gasteiger partial charge in [0.05, 0.1) is 12.8 Å². The number of carboxylic acid groups (broad SMARTS) is 4. The molecule has 102 valence electrons. The first-order chi connectivity index (χ1) is 7.51. The van der Waals surface area contributed by atoms with Crippen LogP contribution in [0.1, 0.15) is 19.8 Å². The summed E-state index contributed by atoms with van der Waals surface area (Å²) in [6, 6.07) is 0. The second-order valence-corrected chi connectivity index (χ2v) is 3.00. The molecule has 0 atom stereocenters. The van der Waals surface area contributed by atoms with Crippen LogP contribution in [-0.4, -0.2) is 55.0 Å². The van der Waals surface area contributed by atoms with E-state index in [4.69, 9.17) is 30.3 Å². The Bertz CT molecular complexity index is 305. The fraction of sp³-hybridized carbons (Fsp3) is 0.500. The maximum atomic E-state index is 10.3. The summed E-state index contributed by atoms with van der Waals surface area (Å²) >= 11 is 0. The van der Waals surface area contributed by atoms with E-state index in [1.165, 1.54) is 0 Å². The van der Waals surface area contributed by atoms with Gasteiger partial charge in [-0.25, -0.2) is 4.79 Å². The van der Waals surface area contributed by atoms with Gasteiger partial charge in [-0.05, 0) is 0 Å². The number of carboxylic acids is 4. The number of carbonyl (C=O) groups is 4. The van der Waals surface area contributed by atoms with Crippen LogP contribution in [0.2, 0.25) is 0 Å². The van der Waals surface area contributed by atoms with E-state index in [-0.39, 0.29) is 31.1 Å². The van der Waals surface area contributed by atoms with Crippen molar-refractivity contribution in [1.29, 1.82) is 0 Å². The van der Waals surface area contributed by atoms with Gasteiger partial charge in [0.25, 0.3) is 5.97 Å². The monoisotopic (exact) mass is 490 g/mol. The van der Waals surface area contributed by atoms with Gasteiger partial charge in [-0.2, -0.15) is 0 Å². The molecule has 0 saturated heterocycles. The molecule has 0 saturated carbocycles. The van der Waals surface area contributed by atoms with E-state index in [0.717, 1.165) is 6.92 Å². The van der Waals surface area contributed by atoms with Crippen molar-refractivity contribution in [2.45, 2.75) is 25.4 Å². The first-order valence-electron chi connectivity index (χ1n) is 4.10. The van der Waals surface area contributed by atoms with E-state index in [2.05, 4.69) is 0 Å². The van der Waals surface area contributed by atoms with Crippen molar-refractivity contribution in [2.75, 3.05) is 0 Å². The van der Waals surface area contributed by atoms with E-state index >= 15 is 0 Å². The van der Waals surface area contributed by atoms with E-state index in [1.807, 2.05) is 0 Å². The Hall–Kier alpha value is -1.11. The average molecular weight is 490 g/mol. The number of hydrogen-bond donors (Lipinski definition) is 5. The Morgan fingerprint density at radius 2 is 1.11 bits per heavy atom. The zero-order valence-corrected chi connectivity index (χ0v) is 13.4. The van der Waals surface area contributed by atoms with E-state index in [1.54, 1.807) is 0 Å². The molecule has 0 aromatic heterocycles. The Balaban J connectivity index is -0.000000392. The molecular formula is C8H12O9U. The third-order valence-corrected chi connectivity index (χ3v) is 1.29. The van der Waals surface area contributed by atoms with Gasteiger partial charge in [-0.1, -0.05) is 0 Å². The Morgan fingerprint density at radius 3 is 1.22 bits per heavy atom. The minimum absolute atomic E-state index is 0. The van der Waals surface area contributed by atoms with Gasteiger partial charge in [0.2, 0.25) is 0 Å². The summed E-state index contributed by atoms with van der Waals surface area (Å²) in [6.07, 6.45) is -2.29. The first-order valence-corrected chi connectivity index (χ1v) is 4.10. The molecule has 0 unspecified atom stereocenters. The van der Waals surface area contributed by atoms with Gasteiger partial charge in [0.15, 0.2) is 5.60 Å². The summed E-state index contributed by atoms with van der Waals surface area (Å²) in [5.74, 6) is -5.85. The van der Waals surface area contributed by atoms with E-state index in [0.29, 0.717) is 0 Å². The van der Waals surface area contributed by atoms with Gasteiger partial charge in [-0.15, -0.1) is 0 Å². The molecule has 0 fully saturated rings. The number of aliphatic carboxylic acids is 4. The van der Waals surface area contributed by atoms with Gasteiger partial charge >= 0.3 is 17.9 Å². The predicted molar refractivity (Wildman–Crippen MR) is 50.4 cm³/mol. The summed E-state index contributed by atoms with van der Waals surface area (Å²) in [5.41, 5.74) is -2.74. The molecule has 0 aliphatic heterocycles. The minimum Gasteiger partial charge on any atom is -0.481 e. The zero-order chi connectivity index (χ0) is 14.2. The van der Waals surface area contributed by atoms with Gasteiger partial charge in [0.1, 0.15) is 0 Å². The number of aliphatic hydroxyl groups is 1. The maximum Gasteiger partial charge on any atom is 0.336 e. The van der Waals surface area contributed by atoms with Crippen molar-refractivity contribution in [3.05, 3.63) is 0 Å². The van der Waals surface area contributed by atoms with Crippen LogP contribution in [-0.2, 0) is 19.2 Å². The van der Waals surface area contributed by atoms with Crippen molar-refractivity contribution in [3.8, 4) is 0 Å². The fourth-order valence-corrected chi connectivity index (χ4v) is 0.714. The molecule has 18 heavy (non-hydrogen) atoms. The Labute approximate surface area is 125 Å². The van der Waals surface area contributed by atoms with Crippen molar-refractivity contribution in [1.82, 2.24) is 0 Å². The summed E-state index contributed by atoms with van der Waals surface area (Å²) < 4.78 is 0. The number of hydrogen-bond acceptors (Lipinski definition) is 5. The van der Waals surface area contributed by atoms with Crippen LogP contribution < -0.4 is 0 Å². The molecule has 0 aliphatic rings. The smallest absolute Gasteiger partial charge is 0.336 e. The summed E-state index contributed by atoms with van der Waals surface area (Å²) in [5, 5.41) is 41.2. The third-order valence-electron chi connectivity index (χ3n) is 1.29. The fourth-order valence-electron chi connectivity index (χ4n) is 0.714. The van der Waals surface area contributed by atoms with E-state index in [9.17, 15) is 14.4 Å². The standard InChI is InChI=1S/C6H8O7.C2H4O2.U/c7-3(8)1-6(13,5(11)12)2-4(9)10;1-2(3)4;/h13H,1-2H2,(H,7,8)(H,9,10)(H,11,12);1H3,(H,3,4);. The summed E-state index contributed by atoms with van der Waals surface area (Å²) in [6.45, 7) is 1.08. The quantitative estimate of drug-likeness (QED) is 0.319. The number of rotatable bonds is 5. The minimum atomic E-state index is -2.74. The van der Waals surface area contributed by atoms with Crippen LogP contribution >= 0.6 is 0 Å². The third kappa shape index (κ3) is 13.0. The second-order valence-electron chi connectivity index (χ2n) is 3.00. The summed E-state index contributed by atoms with van der Waals surface area (Å²) in [7, 11) is 0. The van der Waals surface area contributed by atoms with Crippen molar-refractivity contribution in [3.63, 3.8) is 0 Å². The van der Waals surface area contributed by atoms with Crippen LogP contribution in [0.25, 0.3) is 0 Å². The van der Waals surface area contributed by atoms with Crippen LogP contribution in [0.15, 0.2) is 0 Å². The van der Waals surface area contributed by atoms with Gasteiger partial charge in [-0.3, -0.25) is 14.4 Å². The van der Waals surface area contributed by atoms with Gasteiger partial charge < -0.3 is 25.5 Å². The van der Waals surface area contributed by atoms with Crippen molar-refractivity contribution >= 4 is 23.9 Å². The molecule has 10 heteroatoms. The van der Waals surface area contributed by atoms with Crippen LogP contribution in [0, 0.1) is 31.1 Å². The van der Waals surface area contributed by atoms with Crippen molar-refractivity contribution in [2.24, 2.45) is 0 Å². The largest absolute Gasteiger partial charge is 0.481 e. The Morgan fingerprint density at radius 1 is 0.889 bits per heavy atom. The molecule has 0 spiro atoms. The molecule has 0 bridgehead atoms. The molecule has 0 rings (SSSR count). The molecule has 0 aromatic rings. The molecule has 0 radical (unpaired) electrons. The zero-order valence-electron chi connectivity index (χ0n) is 9.28. The molecule has 0 aliphatic carbocycles. The maximum absolute atomic E-state index is 10.3. The molecule has 9 nitrogen and oxygen atoms in total. The molecule has 0 heterocycles. The molecule has 0 amide bonds. The topological polar surface area (TPSA) is 169 Å². The molecule has 0 aromatic carbocycles. The van der Waals surface area contributed by atoms with Gasteiger partial charge in [0, 0.05) is 38.0 Å². The second kappa shape index (κ2) is 9.87. The van der Waals surface area contributed by atoms with Crippen molar-refractivity contribution < 1.29 is 75.8 Å². The molecular weight excluding hydrogens is 478 g/mol. The first kappa shape index (κ1) is 22.1. The van der Waals surface area contributed by atoms with Crippen LogP contribution in [0.4, 0.5) is 0 Å². The average Bonchev–Trinajstić information content (AvgIpc) is 1.98. The SMILES string of the molecule is CC(=O)O.O=C(O)CC(O)(CC(=O)O)C(=O)O.[U].